The van der Waals surface area contributed by atoms with Crippen LogP contribution in [0.25, 0.3) is 0 Å². The number of rotatable bonds is 6. The van der Waals surface area contributed by atoms with Crippen molar-refractivity contribution in [3.05, 3.63) is 57.6 Å². The number of nitrogens with one attached hydrogen (secondary N) is 1. The van der Waals surface area contributed by atoms with Crippen LogP contribution in [0, 0.1) is 0 Å². The van der Waals surface area contributed by atoms with Crippen molar-refractivity contribution in [2.45, 2.75) is 38.3 Å². The summed E-state index contributed by atoms with van der Waals surface area (Å²) in [5.41, 5.74) is 2.20. The Balaban J connectivity index is 1.63. The summed E-state index contributed by atoms with van der Waals surface area (Å²) in [6, 6.07) is 10.1. The van der Waals surface area contributed by atoms with Gasteiger partial charge >= 0.3 is 0 Å². The van der Waals surface area contributed by atoms with E-state index in [1.54, 1.807) is 0 Å². The fourth-order valence-electron chi connectivity index (χ4n) is 3.44. The van der Waals surface area contributed by atoms with Gasteiger partial charge in [-0.25, -0.2) is 0 Å². The molecule has 1 N–H and O–H groups in total. The van der Waals surface area contributed by atoms with Crippen LogP contribution in [0.4, 0.5) is 0 Å². The Labute approximate surface area is 147 Å². The average Bonchev–Trinajstić information content (AvgIpc) is 3.22. The molecule has 1 amide bonds. The van der Waals surface area contributed by atoms with Crippen LogP contribution in [0.2, 0.25) is 0 Å². The minimum absolute atomic E-state index is 0.115. The van der Waals surface area contributed by atoms with Gasteiger partial charge in [0.2, 0.25) is 5.91 Å². The molecule has 0 radical (unpaired) electrons. The first kappa shape index (κ1) is 17.5. The van der Waals surface area contributed by atoms with Crippen LogP contribution < -0.4 is 5.56 Å². The van der Waals surface area contributed by atoms with Crippen molar-refractivity contribution >= 4 is 5.91 Å². The maximum Gasteiger partial charge on any atom is 0.280 e. The fourth-order valence-corrected chi connectivity index (χ4v) is 3.44. The van der Waals surface area contributed by atoms with Gasteiger partial charge in [0.25, 0.3) is 5.56 Å². The van der Waals surface area contributed by atoms with Crippen LogP contribution in [0.15, 0.2) is 39.6 Å². The zero-order valence-corrected chi connectivity index (χ0v) is 14.8. The fraction of sp³-hybridized carbons (Fsp3) is 0.474. The molecule has 0 aliphatic carbocycles. The highest BCUT2D eigenvalue weighted by molar-refractivity contribution is 5.77. The minimum atomic E-state index is -0.265. The first-order valence-corrected chi connectivity index (χ1v) is 8.73. The highest BCUT2D eigenvalue weighted by Crippen LogP contribution is 2.32. The van der Waals surface area contributed by atoms with Gasteiger partial charge in [-0.05, 0) is 38.1 Å². The Hall–Kier alpha value is -2.34. The third kappa shape index (κ3) is 4.39. The smallest absolute Gasteiger partial charge is 0.280 e. The molecule has 6 nitrogen and oxygen atoms in total. The van der Waals surface area contributed by atoms with Crippen molar-refractivity contribution in [2.24, 2.45) is 0 Å². The first-order chi connectivity index (χ1) is 12.0. The minimum Gasteiger partial charge on any atom is -0.384 e. The van der Waals surface area contributed by atoms with Crippen LogP contribution in [0.1, 0.15) is 42.2 Å². The van der Waals surface area contributed by atoms with Crippen molar-refractivity contribution < 1.29 is 9.32 Å². The third-order valence-corrected chi connectivity index (χ3v) is 4.60. The van der Waals surface area contributed by atoms with E-state index in [9.17, 15) is 9.59 Å². The number of hydrogen-bond donors (Lipinski definition) is 1. The van der Waals surface area contributed by atoms with E-state index in [2.05, 4.69) is 48.4 Å². The Kier molecular flexibility index (Phi) is 5.38. The van der Waals surface area contributed by atoms with Crippen molar-refractivity contribution in [3.8, 4) is 0 Å². The maximum atomic E-state index is 12.6. The summed E-state index contributed by atoms with van der Waals surface area (Å²) in [6.45, 7) is 1.70. The molecule has 1 saturated heterocycles. The lowest BCUT2D eigenvalue weighted by Gasteiger charge is -2.25. The number of benzene rings is 1. The summed E-state index contributed by atoms with van der Waals surface area (Å²) in [4.78, 5) is 27.8. The molecule has 2 aromatic rings. The summed E-state index contributed by atoms with van der Waals surface area (Å²) in [7, 11) is 4.11. The molecular formula is C19H25N3O3. The van der Waals surface area contributed by atoms with Crippen LogP contribution in [0.3, 0.4) is 0 Å². The van der Waals surface area contributed by atoms with Crippen LogP contribution in [-0.4, -0.2) is 41.5 Å². The first-order valence-electron chi connectivity index (χ1n) is 8.73. The molecule has 0 unspecified atom stereocenters. The summed E-state index contributed by atoms with van der Waals surface area (Å²) in [6.07, 6.45) is 2.83. The number of aromatic nitrogens is 1. The van der Waals surface area contributed by atoms with E-state index >= 15 is 0 Å². The lowest BCUT2D eigenvalue weighted by molar-refractivity contribution is -0.132. The largest absolute Gasteiger partial charge is 0.384 e. The standard InChI is InChI=1S/C19H25N3O3/c1-21(2)13-14-5-7-15(8-6-14)17-4-3-11-22(17)19(24)10-9-16-12-18(23)20-25-16/h5-8,12,17H,3-4,9-11,13H2,1-2H3,(H,20,23)/t17-/m1/s1. The number of amides is 1. The third-order valence-electron chi connectivity index (χ3n) is 4.60. The summed E-state index contributed by atoms with van der Waals surface area (Å²) >= 11 is 0. The number of aromatic amines is 1. The van der Waals surface area contributed by atoms with Crippen LogP contribution >= 0.6 is 0 Å². The number of carbonyl (C=O) groups excluding carboxylic acids is 1. The SMILES string of the molecule is CN(C)Cc1ccc([C@H]2CCCN2C(=O)CCc2cc(=O)[nH]o2)cc1. The topological polar surface area (TPSA) is 69.6 Å². The highest BCUT2D eigenvalue weighted by Gasteiger charge is 2.29. The molecule has 6 heteroatoms. The van der Waals surface area contributed by atoms with Gasteiger partial charge in [0.1, 0.15) is 5.76 Å². The Morgan fingerprint density at radius 1 is 1.32 bits per heavy atom. The molecule has 1 aromatic carbocycles. The molecule has 25 heavy (non-hydrogen) atoms. The highest BCUT2D eigenvalue weighted by atomic mass is 16.5. The summed E-state index contributed by atoms with van der Waals surface area (Å²) in [5, 5.41) is 2.26. The molecule has 1 atom stereocenters. The lowest BCUT2D eigenvalue weighted by Crippen LogP contribution is -2.30. The monoisotopic (exact) mass is 343 g/mol. The molecule has 3 rings (SSSR count). The van der Waals surface area contributed by atoms with Gasteiger partial charge in [-0.3, -0.25) is 9.59 Å². The predicted molar refractivity (Wildman–Crippen MR) is 95.2 cm³/mol. The zero-order chi connectivity index (χ0) is 17.8. The van der Waals surface area contributed by atoms with Gasteiger partial charge < -0.3 is 14.3 Å². The maximum absolute atomic E-state index is 12.6. The molecule has 2 heterocycles. The van der Waals surface area contributed by atoms with E-state index in [1.807, 2.05) is 4.90 Å². The van der Waals surface area contributed by atoms with Gasteiger partial charge in [0.05, 0.1) is 6.04 Å². The molecule has 1 aliphatic heterocycles. The summed E-state index contributed by atoms with van der Waals surface area (Å²) in [5.74, 6) is 0.644. The Morgan fingerprint density at radius 3 is 2.72 bits per heavy atom. The second kappa shape index (κ2) is 7.70. The predicted octanol–water partition coefficient (Wildman–Crippen LogP) is 2.33. The van der Waals surface area contributed by atoms with Gasteiger partial charge in [-0.1, -0.05) is 24.3 Å². The molecule has 1 aromatic heterocycles. The van der Waals surface area contributed by atoms with Crippen molar-refractivity contribution in [1.82, 2.24) is 15.0 Å². The normalized spacial score (nSPS) is 17.4. The van der Waals surface area contributed by atoms with Gasteiger partial charge in [0.15, 0.2) is 0 Å². The van der Waals surface area contributed by atoms with E-state index in [1.165, 1.54) is 17.2 Å². The second-order valence-corrected chi connectivity index (χ2v) is 6.90. The second-order valence-electron chi connectivity index (χ2n) is 6.90. The van der Waals surface area contributed by atoms with E-state index in [0.29, 0.717) is 18.6 Å². The van der Waals surface area contributed by atoms with E-state index < -0.39 is 0 Å². The number of carbonyl (C=O) groups is 1. The quantitative estimate of drug-likeness (QED) is 0.874. The van der Waals surface area contributed by atoms with Gasteiger partial charge in [-0.2, -0.15) is 5.16 Å². The molecule has 0 bridgehead atoms. The van der Waals surface area contributed by atoms with Crippen molar-refractivity contribution in [3.63, 3.8) is 0 Å². The average molecular weight is 343 g/mol. The number of H-pyrrole nitrogens is 1. The number of hydrogen-bond acceptors (Lipinski definition) is 4. The van der Waals surface area contributed by atoms with Crippen LogP contribution in [-0.2, 0) is 17.8 Å². The lowest BCUT2D eigenvalue weighted by atomic mass is 10.0. The Morgan fingerprint density at radius 2 is 2.08 bits per heavy atom. The molecule has 1 aliphatic rings. The van der Waals surface area contributed by atoms with Crippen molar-refractivity contribution in [1.29, 1.82) is 0 Å². The van der Waals surface area contributed by atoms with Crippen molar-refractivity contribution in [2.75, 3.05) is 20.6 Å². The molecule has 0 saturated carbocycles. The number of nitrogens with zero attached hydrogens (tertiary/aromatic N) is 2. The van der Waals surface area contributed by atoms with E-state index in [4.69, 9.17) is 4.52 Å². The van der Waals surface area contributed by atoms with E-state index in [0.717, 1.165) is 25.9 Å². The van der Waals surface area contributed by atoms with Gasteiger partial charge in [0, 0.05) is 32.0 Å². The number of likely N-dealkylation sites (tertiary alicyclic amines) is 1. The molecular weight excluding hydrogens is 318 g/mol. The summed E-state index contributed by atoms with van der Waals surface area (Å²) < 4.78 is 5.02. The number of aryl methyl sites for hydroxylation is 1. The Bertz CT molecular complexity index is 761. The molecule has 1 fully saturated rings. The van der Waals surface area contributed by atoms with Gasteiger partial charge in [-0.15, -0.1) is 0 Å². The van der Waals surface area contributed by atoms with E-state index in [-0.39, 0.29) is 17.5 Å². The molecule has 134 valence electrons. The molecule has 0 spiro atoms. The van der Waals surface area contributed by atoms with Crippen LogP contribution in [0.5, 0.6) is 0 Å². The zero-order valence-electron chi connectivity index (χ0n) is 14.8.